The number of carbonyl (C=O) groups is 1. The third-order valence-electron chi connectivity index (χ3n) is 3.97. The van der Waals surface area contributed by atoms with Gasteiger partial charge in [-0.15, -0.1) is 0 Å². The number of nitrogens with one attached hydrogen (secondary N) is 1. The fraction of sp³-hybridized carbons (Fsp3) is 0.158. The number of hydrogen-bond acceptors (Lipinski definition) is 3. The highest BCUT2D eigenvalue weighted by atomic mass is 19.4. The summed E-state index contributed by atoms with van der Waals surface area (Å²) in [6.45, 7) is -0.420. The molecule has 0 unspecified atom stereocenters. The minimum atomic E-state index is -4.98. The van der Waals surface area contributed by atoms with Gasteiger partial charge in [0.1, 0.15) is 5.82 Å². The van der Waals surface area contributed by atoms with Crippen molar-refractivity contribution in [2.24, 2.45) is 0 Å². The van der Waals surface area contributed by atoms with E-state index in [4.69, 9.17) is 0 Å². The Kier molecular flexibility index (Phi) is 5.91. The SMILES string of the molecule is O=C(NCc1cccc(C(F)(F)F)c1)Oc1cnn(-c2ccc(F)cc2)c1C(F)(F)F. The van der Waals surface area contributed by atoms with Crippen molar-refractivity contribution in [2.45, 2.75) is 18.9 Å². The maximum atomic E-state index is 13.5. The lowest BCUT2D eigenvalue weighted by molar-refractivity contribution is -0.143. The lowest BCUT2D eigenvalue weighted by atomic mass is 10.1. The van der Waals surface area contributed by atoms with Crippen LogP contribution in [0.3, 0.4) is 0 Å². The smallest absolute Gasteiger partial charge is 0.406 e. The number of alkyl halides is 6. The van der Waals surface area contributed by atoms with Gasteiger partial charge >= 0.3 is 18.4 Å². The minimum absolute atomic E-state index is 0.0600. The van der Waals surface area contributed by atoms with Crippen molar-refractivity contribution >= 4 is 6.09 Å². The van der Waals surface area contributed by atoms with Crippen molar-refractivity contribution < 1.29 is 40.3 Å². The molecule has 2 aromatic carbocycles. The molecular weight excluding hydrogens is 435 g/mol. The van der Waals surface area contributed by atoms with Crippen LogP contribution in [-0.4, -0.2) is 15.9 Å². The Morgan fingerprint density at radius 2 is 1.68 bits per heavy atom. The maximum Gasteiger partial charge on any atom is 0.437 e. The Bertz CT molecular complexity index is 1070. The molecule has 164 valence electrons. The predicted molar refractivity (Wildman–Crippen MR) is 92.8 cm³/mol. The Hall–Kier alpha value is -3.57. The molecule has 0 aliphatic heterocycles. The summed E-state index contributed by atoms with van der Waals surface area (Å²) in [5.74, 6) is -1.60. The zero-order chi connectivity index (χ0) is 22.8. The number of rotatable bonds is 4. The van der Waals surface area contributed by atoms with Crippen molar-refractivity contribution in [2.75, 3.05) is 0 Å². The van der Waals surface area contributed by atoms with E-state index in [0.29, 0.717) is 10.9 Å². The lowest BCUT2D eigenvalue weighted by Crippen LogP contribution is -2.27. The number of amides is 1. The zero-order valence-electron chi connectivity index (χ0n) is 15.3. The van der Waals surface area contributed by atoms with Gasteiger partial charge in [-0.2, -0.15) is 31.4 Å². The van der Waals surface area contributed by atoms with Gasteiger partial charge in [0.15, 0.2) is 11.4 Å². The highest BCUT2D eigenvalue weighted by Gasteiger charge is 2.40. The van der Waals surface area contributed by atoms with Crippen molar-refractivity contribution in [1.82, 2.24) is 15.1 Å². The Balaban J connectivity index is 1.77. The molecule has 0 fully saturated rings. The van der Waals surface area contributed by atoms with E-state index < -0.39 is 47.8 Å². The largest absolute Gasteiger partial charge is 0.437 e. The third-order valence-corrected chi connectivity index (χ3v) is 3.97. The first kappa shape index (κ1) is 22.1. The second-order valence-corrected chi connectivity index (χ2v) is 6.18. The van der Waals surface area contributed by atoms with Crippen LogP contribution in [0.4, 0.5) is 35.5 Å². The third kappa shape index (κ3) is 5.32. The molecule has 0 saturated heterocycles. The molecule has 0 radical (unpaired) electrons. The summed E-state index contributed by atoms with van der Waals surface area (Å²) in [6.07, 6.45) is -10.3. The number of benzene rings is 2. The molecule has 3 aromatic rings. The second kappa shape index (κ2) is 8.28. The number of nitrogens with zero attached hydrogens (tertiary/aromatic N) is 2. The molecule has 31 heavy (non-hydrogen) atoms. The number of ether oxygens (including phenoxy) is 1. The fourth-order valence-corrected chi connectivity index (χ4v) is 2.61. The van der Waals surface area contributed by atoms with Crippen LogP contribution in [0.5, 0.6) is 5.75 Å². The zero-order valence-corrected chi connectivity index (χ0v) is 15.3. The van der Waals surface area contributed by atoms with E-state index in [9.17, 15) is 35.5 Å². The van der Waals surface area contributed by atoms with Gasteiger partial charge in [-0.1, -0.05) is 12.1 Å². The summed E-state index contributed by atoms with van der Waals surface area (Å²) in [5, 5.41) is 5.62. The fourth-order valence-electron chi connectivity index (χ4n) is 2.61. The summed E-state index contributed by atoms with van der Waals surface area (Å²) >= 11 is 0. The summed E-state index contributed by atoms with van der Waals surface area (Å²) in [7, 11) is 0. The monoisotopic (exact) mass is 447 g/mol. The van der Waals surface area contributed by atoms with Crippen LogP contribution in [0.2, 0.25) is 0 Å². The normalized spacial score (nSPS) is 12.0. The minimum Gasteiger partial charge on any atom is -0.406 e. The average molecular weight is 447 g/mol. The van der Waals surface area contributed by atoms with Crippen molar-refractivity contribution in [3.8, 4) is 11.4 Å². The molecule has 0 aliphatic carbocycles. The van der Waals surface area contributed by atoms with Gasteiger partial charge in [0, 0.05) is 6.54 Å². The molecule has 0 bridgehead atoms. The first-order valence-electron chi connectivity index (χ1n) is 8.48. The average Bonchev–Trinajstić information content (AvgIpc) is 3.10. The number of halogens is 7. The van der Waals surface area contributed by atoms with Gasteiger partial charge in [-0.25, -0.2) is 13.9 Å². The molecule has 0 atom stereocenters. The van der Waals surface area contributed by atoms with Crippen LogP contribution < -0.4 is 10.1 Å². The Labute approximate surface area is 170 Å². The van der Waals surface area contributed by atoms with Crippen LogP contribution in [0.25, 0.3) is 5.69 Å². The van der Waals surface area contributed by atoms with E-state index in [-0.39, 0.29) is 11.3 Å². The molecule has 1 amide bonds. The summed E-state index contributed by atoms with van der Waals surface area (Å²) in [5.41, 5.74) is -2.44. The molecule has 0 spiro atoms. The Morgan fingerprint density at radius 1 is 1.00 bits per heavy atom. The highest BCUT2D eigenvalue weighted by molar-refractivity contribution is 5.70. The lowest BCUT2D eigenvalue weighted by Gasteiger charge is -2.13. The molecule has 1 heterocycles. The van der Waals surface area contributed by atoms with Gasteiger partial charge in [0.2, 0.25) is 0 Å². The van der Waals surface area contributed by atoms with E-state index in [0.717, 1.165) is 42.5 Å². The van der Waals surface area contributed by atoms with Crippen LogP contribution in [0, 0.1) is 5.82 Å². The Morgan fingerprint density at radius 3 is 2.29 bits per heavy atom. The summed E-state index contributed by atoms with van der Waals surface area (Å²) < 4.78 is 96.8. The van der Waals surface area contributed by atoms with Gasteiger partial charge in [-0.3, -0.25) is 0 Å². The summed E-state index contributed by atoms with van der Waals surface area (Å²) in [6, 6.07) is 8.00. The topological polar surface area (TPSA) is 56.1 Å². The van der Waals surface area contributed by atoms with E-state index >= 15 is 0 Å². The molecule has 12 heteroatoms. The van der Waals surface area contributed by atoms with Gasteiger partial charge in [0.25, 0.3) is 0 Å². The molecule has 0 aliphatic rings. The molecule has 1 aromatic heterocycles. The van der Waals surface area contributed by atoms with E-state index in [1.807, 2.05) is 0 Å². The molecule has 3 rings (SSSR count). The highest BCUT2D eigenvalue weighted by Crippen LogP contribution is 2.37. The maximum absolute atomic E-state index is 13.5. The van der Waals surface area contributed by atoms with Crippen molar-refractivity contribution in [3.63, 3.8) is 0 Å². The standard InChI is InChI=1S/C19H12F7N3O2/c20-13-4-6-14(7-5-13)29-16(19(24,25)26)15(10-28-29)31-17(30)27-9-11-2-1-3-12(8-11)18(21,22)23/h1-8,10H,9H2,(H,27,30). The van der Waals surface area contributed by atoms with Crippen molar-refractivity contribution in [3.05, 3.63) is 77.4 Å². The van der Waals surface area contributed by atoms with Crippen LogP contribution in [-0.2, 0) is 18.9 Å². The molecule has 0 saturated carbocycles. The molecule has 5 nitrogen and oxygen atoms in total. The van der Waals surface area contributed by atoms with Gasteiger partial charge in [0.05, 0.1) is 17.4 Å². The number of aromatic nitrogens is 2. The van der Waals surface area contributed by atoms with E-state index in [1.165, 1.54) is 6.07 Å². The first-order valence-corrected chi connectivity index (χ1v) is 8.48. The van der Waals surface area contributed by atoms with Crippen molar-refractivity contribution in [1.29, 1.82) is 0 Å². The van der Waals surface area contributed by atoms with Crippen LogP contribution in [0.1, 0.15) is 16.8 Å². The van der Waals surface area contributed by atoms with E-state index in [1.54, 1.807) is 0 Å². The molecular formula is C19H12F7N3O2. The quantitative estimate of drug-likeness (QED) is 0.550. The second-order valence-electron chi connectivity index (χ2n) is 6.18. The number of carbonyl (C=O) groups excluding carboxylic acids is 1. The predicted octanol–water partition coefficient (Wildman–Crippen LogP) is 5.34. The summed E-state index contributed by atoms with van der Waals surface area (Å²) in [4.78, 5) is 11.9. The van der Waals surface area contributed by atoms with E-state index in [2.05, 4.69) is 15.2 Å². The first-order chi connectivity index (χ1) is 14.4. The van der Waals surface area contributed by atoms with Crippen LogP contribution >= 0.6 is 0 Å². The molecule has 1 N–H and O–H groups in total. The van der Waals surface area contributed by atoms with Gasteiger partial charge in [-0.05, 0) is 42.0 Å². The van der Waals surface area contributed by atoms with Gasteiger partial charge < -0.3 is 10.1 Å². The number of hydrogen-bond donors (Lipinski definition) is 1. The van der Waals surface area contributed by atoms with Crippen LogP contribution in [0.15, 0.2) is 54.7 Å².